The first-order valence-electron chi connectivity index (χ1n) is 7.44. The third kappa shape index (κ3) is 3.43. The zero-order valence-electron chi connectivity index (χ0n) is 13.9. The topological polar surface area (TPSA) is 74.1 Å². The molecule has 8 heteroatoms. The number of ether oxygens (including phenoxy) is 1. The molecule has 2 aromatic heterocycles. The van der Waals surface area contributed by atoms with E-state index in [4.69, 9.17) is 16.3 Å². The number of carbonyl (C=O) groups is 1. The van der Waals surface area contributed by atoms with Crippen LogP contribution in [0.15, 0.2) is 35.2 Å². The molecule has 0 bridgehead atoms. The lowest BCUT2D eigenvalue weighted by Crippen LogP contribution is -2.07. The molecule has 0 saturated carbocycles. The molecule has 0 amide bonds. The molecule has 0 aliphatic heterocycles. The molecule has 2 heterocycles. The minimum absolute atomic E-state index is 0.221. The molecule has 3 aromatic rings. The van der Waals surface area contributed by atoms with Crippen LogP contribution in [0.3, 0.4) is 0 Å². The van der Waals surface area contributed by atoms with Crippen molar-refractivity contribution in [2.75, 3.05) is 13.4 Å². The minimum atomic E-state index is -1.09. The number of pyridine rings is 1. The number of rotatable bonds is 4. The van der Waals surface area contributed by atoms with E-state index in [0.717, 1.165) is 11.4 Å². The van der Waals surface area contributed by atoms with Gasteiger partial charge in [-0.3, -0.25) is 4.21 Å². The van der Waals surface area contributed by atoms with Gasteiger partial charge < -0.3 is 9.30 Å². The lowest BCUT2D eigenvalue weighted by atomic mass is 10.2. The average Bonchev–Trinajstić information content (AvgIpc) is 2.90. The molecule has 25 heavy (non-hydrogen) atoms. The molecule has 0 fully saturated rings. The number of aromatic nitrogens is 3. The van der Waals surface area contributed by atoms with E-state index >= 15 is 0 Å². The van der Waals surface area contributed by atoms with E-state index in [-0.39, 0.29) is 5.69 Å². The predicted octanol–water partition coefficient (Wildman–Crippen LogP) is 2.97. The molecule has 0 saturated heterocycles. The van der Waals surface area contributed by atoms with Crippen LogP contribution >= 0.6 is 11.6 Å². The highest BCUT2D eigenvalue weighted by atomic mass is 35.5. The minimum Gasteiger partial charge on any atom is -0.464 e. The summed E-state index contributed by atoms with van der Waals surface area (Å²) < 4.78 is 18.2. The Bertz CT molecular complexity index is 1000. The van der Waals surface area contributed by atoms with Gasteiger partial charge in [-0.05, 0) is 36.8 Å². The lowest BCUT2D eigenvalue weighted by Gasteiger charge is -2.10. The van der Waals surface area contributed by atoms with Crippen LogP contribution in [-0.2, 0) is 22.1 Å². The van der Waals surface area contributed by atoms with Gasteiger partial charge in [0.1, 0.15) is 11.3 Å². The van der Waals surface area contributed by atoms with E-state index in [0.29, 0.717) is 27.6 Å². The summed E-state index contributed by atoms with van der Waals surface area (Å²) in [4.78, 5) is 21.2. The van der Waals surface area contributed by atoms with Gasteiger partial charge in [0.05, 0.1) is 13.7 Å². The van der Waals surface area contributed by atoms with Crippen LogP contribution in [0, 0.1) is 6.92 Å². The van der Waals surface area contributed by atoms with Crippen molar-refractivity contribution in [3.05, 3.63) is 52.4 Å². The van der Waals surface area contributed by atoms with Gasteiger partial charge in [-0.15, -0.1) is 0 Å². The van der Waals surface area contributed by atoms with Gasteiger partial charge in [-0.1, -0.05) is 17.7 Å². The summed E-state index contributed by atoms with van der Waals surface area (Å²) in [5.74, 6) is 0.254. The largest absolute Gasteiger partial charge is 0.464 e. The van der Waals surface area contributed by atoms with E-state index in [9.17, 15) is 9.00 Å². The number of hydrogen-bond donors (Lipinski definition) is 0. The highest BCUT2D eigenvalue weighted by Gasteiger charge is 2.15. The van der Waals surface area contributed by atoms with Crippen molar-refractivity contribution < 1.29 is 13.7 Å². The maximum absolute atomic E-state index is 11.7. The quantitative estimate of drug-likeness (QED) is 0.653. The molecule has 130 valence electrons. The smallest absolute Gasteiger partial charge is 0.356 e. The molecular formula is C17H16ClN3O3S. The molecular weight excluding hydrogens is 362 g/mol. The first-order valence-corrected chi connectivity index (χ1v) is 9.38. The Kier molecular flexibility index (Phi) is 4.87. The number of halogens is 1. The summed E-state index contributed by atoms with van der Waals surface area (Å²) in [6.07, 6.45) is 1.61. The summed E-state index contributed by atoms with van der Waals surface area (Å²) in [6.45, 7) is 2.30. The van der Waals surface area contributed by atoms with Crippen LogP contribution in [0.25, 0.3) is 11.2 Å². The Labute approximate surface area is 152 Å². The molecule has 1 atom stereocenters. The Balaban J connectivity index is 2.05. The number of methoxy groups -OCH3 is 1. The number of benzene rings is 1. The first-order chi connectivity index (χ1) is 11.9. The summed E-state index contributed by atoms with van der Waals surface area (Å²) in [5, 5.41) is 0.526. The number of esters is 1. The molecule has 6 nitrogen and oxygen atoms in total. The van der Waals surface area contributed by atoms with Gasteiger partial charge in [-0.2, -0.15) is 0 Å². The first kappa shape index (κ1) is 17.6. The zero-order chi connectivity index (χ0) is 18.1. The molecule has 1 aromatic carbocycles. The number of imidazole rings is 1. The summed E-state index contributed by atoms with van der Waals surface area (Å²) in [7, 11) is 0.226. The zero-order valence-corrected chi connectivity index (χ0v) is 15.5. The fourth-order valence-electron chi connectivity index (χ4n) is 2.53. The number of fused-ring (bicyclic) bond motifs is 1. The van der Waals surface area contributed by atoms with Crippen LogP contribution < -0.4 is 0 Å². The summed E-state index contributed by atoms with van der Waals surface area (Å²) >= 11 is 6.34. The monoisotopic (exact) mass is 377 g/mol. The third-order valence-corrected chi connectivity index (χ3v) is 5.13. The average molecular weight is 378 g/mol. The second-order valence-electron chi connectivity index (χ2n) is 5.48. The molecule has 0 spiro atoms. The molecule has 0 aliphatic carbocycles. The normalized spacial score (nSPS) is 12.3. The predicted molar refractivity (Wildman–Crippen MR) is 96.5 cm³/mol. The molecule has 0 aliphatic rings. The highest BCUT2D eigenvalue weighted by molar-refractivity contribution is 7.84. The van der Waals surface area contributed by atoms with Crippen molar-refractivity contribution in [2.45, 2.75) is 18.4 Å². The van der Waals surface area contributed by atoms with Crippen LogP contribution in [0.1, 0.15) is 21.9 Å². The molecule has 1 unspecified atom stereocenters. The molecule has 0 N–H and O–H groups in total. The maximum Gasteiger partial charge on any atom is 0.356 e. The van der Waals surface area contributed by atoms with E-state index in [1.165, 1.54) is 7.11 Å². The second kappa shape index (κ2) is 6.93. The van der Waals surface area contributed by atoms with E-state index < -0.39 is 16.8 Å². The van der Waals surface area contributed by atoms with Crippen LogP contribution in [0.2, 0.25) is 5.02 Å². The van der Waals surface area contributed by atoms with E-state index in [1.807, 2.05) is 17.6 Å². The Hall–Kier alpha value is -2.25. The second-order valence-corrected chi connectivity index (χ2v) is 7.27. The Morgan fingerprint density at radius 2 is 2.04 bits per heavy atom. The summed E-state index contributed by atoms with van der Waals surface area (Å²) in [6, 6.07) is 8.66. The van der Waals surface area contributed by atoms with Crippen molar-refractivity contribution in [1.29, 1.82) is 0 Å². The standard InChI is InChI=1S/C17H16ClN3O3S/c1-10-19-14-6-7-15(17(22)24-2)20-16(14)21(10)9-11-4-5-12(25(3)23)8-13(11)18/h4-8H,9H2,1-3H3. The van der Waals surface area contributed by atoms with Gasteiger partial charge in [0.2, 0.25) is 0 Å². The maximum atomic E-state index is 11.7. The highest BCUT2D eigenvalue weighted by Crippen LogP contribution is 2.23. The number of nitrogens with zero attached hydrogens (tertiary/aromatic N) is 3. The number of aryl methyl sites for hydroxylation is 1. The van der Waals surface area contributed by atoms with E-state index in [1.54, 1.807) is 30.5 Å². The van der Waals surface area contributed by atoms with Crippen molar-refractivity contribution >= 4 is 39.5 Å². The molecule has 0 radical (unpaired) electrons. The van der Waals surface area contributed by atoms with Crippen LogP contribution in [0.5, 0.6) is 0 Å². The van der Waals surface area contributed by atoms with Gasteiger partial charge in [-0.25, -0.2) is 14.8 Å². The fraction of sp³-hybridized carbons (Fsp3) is 0.235. The number of carbonyl (C=O) groups excluding carboxylic acids is 1. The van der Waals surface area contributed by atoms with Crippen molar-refractivity contribution in [3.63, 3.8) is 0 Å². The van der Waals surface area contributed by atoms with Gasteiger partial charge in [0.15, 0.2) is 11.3 Å². The Morgan fingerprint density at radius 1 is 1.28 bits per heavy atom. The number of hydrogen-bond acceptors (Lipinski definition) is 5. The lowest BCUT2D eigenvalue weighted by molar-refractivity contribution is 0.0594. The Morgan fingerprint density at radius 3 is 2.68 bits per heavy atom. The van der Waals surface area contributed by atoms with Crippen molar-refractivity contribution in [1.82, 2.24) is 14.5 Å². The van der Waals surface area contributed by atoms with Crippen molar-refractivity contribution in [3.8, 4) is 0 Å². The summed E-state index contributed by atoms with van der Waals surface area (Å²) in [5.41, 5.74) is 2.34. The molecule has 3 rings (SSSR count). The fourth-order valence-corrected chi connectivity index (χ4v) is 3.38. The van der Waals surface area contributed by atoms with E-state index in [2.05, 4.69) is 9.97 Å². The van der Waals surface area contributed by atoms with Crippen molar-refractivity contribution in [2.24, 2.45) is 0 Å². The van der Waals surface area contributed by atoms with Crippen LogP contribution in [0.4, 0.5) is 0 Å². The van der Waals surface area contributed by atoms with Gasteiger partial charge in [0.25, 0.3) is 0 Å². The van der Waals surface area contributed by atoms with Gasteiger partial charge in [0, 0.05) is 27.0 Å². The van der Waals surface area contributed by atoms with Crippen LogP contribution in [-0.4, -0.2) is 38.1 Å². The SMILES string of the molecule is COC(=O)c1ccc2nc(C)n(Cc3ccc(S(C)=O)cc3Cl)c2n1. The third-order valence-electron chi connectivity index (χ3n) is 3.86. The van der Waals surface area contributed by atoms with Gasteiger partial charge >= 0.3 is 5.97 Å².